The molecule has 0 unspecified atom stereocenters. The van der Waals surface area contributed by atoms with Gasteiger partial charge < -0.3 is 10.1 Å². The average Bonchev–Trinajstić information content (AvgIpc) is 3.03. The fraction of sp³-hybridized carbons (Fsp3) is 0.526. The van der Waals surface area contributed by atoms with Crippen molar-refractivity contribution in [3.8, 4) is 0 Å². The number of nitrogens with zero attached hydrogens (tertiary/aromatic N) is 1. The number of hydrogen-bond acceptors (Lipinski definition) is 4. The van der Waals surface area contributed by atoms with Gasteiger partial charge in [0, 0.05) is 0 Å². The van der Waals surface area contributed by atoms with Crippen molar-refractivity contribution in [3.63, 3.8) is 0 Å². The van der Waals surface area contributed by atoms with Crippen LogP contribution in [0.3, 0.4) is 0 Å². The molecule has 2 aliphatic carbocycles. The summed E-state index contributed by atoms with van der Waals surface area (Å²) < 4.78 is 5.25. The van der Waals surface area contributed by atoms with Gasteiger partial charge in [-0.3, -0.25) is 19.3 Å². The SMILES string of the molecule is O=C(OCC(=O)N1c2ccccc2NC(=O)C12CCCC2)C1CCC1. The van der Waals surface area contributed by atoms with Crippen LogP contribution in [0.5, 0.6) is 0 Å². The molecule has 25 heavy (non-hydrogen) atoms. The highest BCUT2D eigenvalue weighted by Gasteiger charge is 2.52. The van der Waals surface area contributed by atoms with E-state index in [4.69, 9.17) is 4.74 Å². The van der Waals surface area contributed by atoms with Crippen molar-refractivity contribution in [3.05, 3.63) is 24.3 Å². The van der Waals surface area contributed by atoms with Gasteiger partial charge in [-0.15, -0.1) is 0 Å². The number of carbonyl (C=O) groups is 3. The number of carbonyl (C=O) groups excluding carboxylic acids is 3. The van der Waals surface area contributed by atoms with Crippen molar-refractivity contribution < 1.29 is 19.1 Å². The number of rotatable bonds is 3. The fourth-order valence-electron chi connectivity index (χ4n) is 4.09. The van der Waals surface area contributed by atoms with E-state index < -0.39 is 5.54 Å². The Morgan fingerprint density at radius 2 is 1.88 bits per heavy atom. The zero-order valence-corrected chi connectivity index (χ0v) is 14.1. The number of ether oxygens (including phenoxy) is 1. The number of para-hydroxylation sites is 2. The lowest BCUT2D eigenvalue weighted by Gasteiger charge is -2.44. The Morgan fingerprint density at radius 1 is 1.16 bits per heavy atom. The Hall–Kier alpha value is -2.37. The molecule has 1 spiro atoms. The molecule has 0 radical (unpaired) electrons. The summed E-state index contributed by atoms with van der Waals surface area (Å²) in [4.78, 5) is 39.3. The monoisotopic (exact) mass is 342 g/mol. The third kappa shape index (κ3) is 2.60. The van der Waals surface area contributed by atoms with E-state index in [1.807, 2.05) is 18.2 Å². The van der Waals surface area contributed by atoms with Gasteiger partial charge in [0.2, 0.25) is 0 Å². The predicted octanol–water partition coefficient (Wildman–Crippen LogP) is 2.63. The van der Waals surface area contributed by atoms with Crippen LogP contribution in [0.2, 0.25) is 0 Å². The van der Waals surface area contributed by atoms with Gasteiger partial charge in [-0.2, -0.15) is 0 Å². The number of hydrogen-bond donors (Lipinski definition) is 1. The maximum atomic E-state index is 13.0. The van der Waals surface area contributed by atoms with Gasteiger partial charge in [-0.1, -0.05) is 31.4 Å². The van der Waals surface area contributed by atoms with E-state index in [1.54, 1.807) is 11.0 Å². The first-order valence-electron chi connectivity index (χ1n) is 9.02. The quantitative estimate of drug-likeness (QED) is 0.857. The van der Waals surface area contributed by atoms with E-state index in [0.29, 0.717) is 24.2 Å². The molecule has 0 aromatic heterocycles. The first-order valence-corrected chi connectivity index (χ1v) is 9.02. The van der Waals surface area contributed by atoms with Gasteiger partial charge in [0.25, 0.3) is 11.8 Å². The van der Waals surface area contributed by atoms with Crippen LogP contribution in [-0.4, -0.2) is 29.9 Å². The molecule has 1 aromatic rings. The average molecular weight is 342 g/mol. The second kappa shape index (κ2) is 6.17. The molecule has 6 nitrogen and oxygen atoms in total. The van der Waals surface area contributed by atoms with Crippen LogP contribution >= 0.6 is 0 Å². The van der Waals surface area contributed by atoms with Gasteiger partial charge >= 0.3 is 5.97 Å². The van der Waals surface area contributed by atoms with Gasteiger partial charge in [0.1, 0.15) is 5.54 Å². The molecule has 1 aliphatic heterocycles. The van der Waals surface area contributed by atoms with Crippen LogP contribution in [0.4, 0.5) is 11.4 Å². The van der Waals surface area contributed by atoms with E-state index in [2.05, 4.69) is 5.32 Å². The Morgan fingerprint density at radius 3 is 2.56 bits per heavy atom. The summed E-state index contributed by atoms with van der Waals surface area (Å²) in [5, 5.41) is 2.94. The highest BCUT2D eigenvalue weighted by Crippen LogP contribution is 2.45. The lowest BCUT2D eigenvalue weighted by atomic mass is 9.86. The first kappa shape index (κ1) is 16.1. The molecule has 2 saturated carbocycles. The summed E-state index contributed by atoms with van der Waals surface area (Å²) >= 11 is 0. The summed E-state index contributed by atoms with van der Waals surface area (Å²) in [6, 6.07) is 7.29. The topological polar surface area (TPSA) is 75.7 Å². The van der Waals surface area contributed by atoms with Crippen molar-refractivity contribution in [1.82, 2.24) is 0 Å². The first-order chi connectivity index (χ1) is 12.1. The molecule has 0 saturated heterocycles. The molecule has 0 bridgehead atoms. The van der Waals surface area contributed by atoms with Gasteiger partial charge in [0.05, 0.1) is 17.3 Å². The van der Waals surface area contributed by atoms with Gasteiger partial charge in [-0.05, 0) is 37.8 Å². The molecule has 0 atom stereocenters. The number of amides is 2. The molecule has 1 N–H and O–H groups in total. The minimum Gasteiger partial charge on any atom is -0.455 e. The number of anilines is 2. The van der Waals surface area contributed by atoms with Crippen molar-refractivity contribution >= 4 is 29.2 Å². The molecule has 6 heteroatoms. The van der Waals surface area contributed by atoms with E-state index >= 15 is 0 Å². The van der Waals surface area contributed by atoms with E-state index in [1.165, 1.54) is 0 Å². The Kier molecular flexibility index (Phi) is 3.98. The van der Waals surface area contributed by atoms with Crippen LogP contribution in [0, 0.1) is 5.92 Å². The number of benzene rings is 1. The molecular formula is C19H22N2O4. The molecular weight excluding hydrogens is 320 g/mol. The summed E-state index contributed by atoms with van der Waals surface area (Å²) in [5.74, 6) is -0.820. The molecule has 4 rings (SSSR count). The summed E-state index contributed by atoms with van der Waals surface area (Å²) in [6.45, 7) is -0.307. The molecule has 132 valence electrons. The number of esters is 1. The highest BCUT2D eigenvalue weighted by molar-refractivity contribution is 6.15. The van der Waals surface area contributed by atoms with Crippen LogP contribution in [0.15, 0.2) is 24.3 Å². The minimum absolute atomic E-state index is 0.0646. The normalized spacial score (nSPS) is 21.4. The fourth-order valence-corrected chi connectivity index (χ4v) is 4.09. The smallest absolute Gasteiger partial charge is 0.309 e. The zero-order valence-electron chi connectivity index (χ0n) is 14.1. The maximum absolute atomic E-state index is 13.0. The lowest BCUT2D eigenvalue weighted by molar-refractivity contribution is -0.154. The third-order valence-corrected chi connectivity index (χ3v) is 5.70. The summed E-state index contributed by atoms with van der Waals surface area (Å²) in [5.41, 5.74) is 0.464. The van der Waals surface area contributed by atoms with E-state index in [0.717, 1.165) is 32.1 Å². The van der Waals surface area contributed by atoms with E-state index in [-0.39, 0.29) is 30.3 Å². The van der Waals surface area contributed by atoms with Crippen LogP contribution in [0.1, 0.15) is 44.9 Å². The van der Waals surface area contributed by atoms with Crippen molar-refractivity contribution in [2.24, 2.45) is 5.92 Å². The predicted molar refractivity (Wildman–Crippen MR) is 92.1 cm³/mol. The highest BCUT2D eigenvalue weighted by atomic mass is 16.5. The second-order valence-electron chi connectivity index (χ2n) is 7.17. The third-order valence-electron chi connectivity index (χ3n) is 5.70. The Bertz CT molecular complexity index is 720. The van der Waals surface area contributed by atoms with Crippen molar-refractivity contribution in [1.29, 1.82) is 0 Å². The van der Waals surface area contributed by atoms with E-state index in [9.17, 15) is 14.4 Å². The minimum atomic E-state index is -0.853. The van der Waals surface area contributed by atoms with Crippen molar-refractivity contribution in [2.75, 3.05) is 16.8 Å². The molecule has 2 fully saturated rings. The molecule has 1 aromatic carbocycles. The van der Waals surface area contributed by atoms with Gasteiger partial charge in [-0.25, -0.2) is 0 Å². The molecule has 1 heterocycles. The number of nitrogens with one attached hydrogen (secondary N) is 1. The second-order valence-corrected chi connectivity index (χ2v) is 7.17. The lowest BCUT2D eigenvalue weighted by Crippen LogP contribution is -2.61. The summed E-state index contributed by atoms with van der Waals surface area (Å²) in [7, 11) is 0. The van der Waals surface area contributed by atoms with Crippen LogP contribution < -0.4 is 10.2 Å². The zero-order chi connectivity index (χ0) is 17.4. The Labute approximate surface area is 146 Å². The maximum Gasteiger partial charge on any atom is 0.309 e. The number of fused-ring (bicyclic) bond motifs is 1. The van der Waals surface area contributed by atoms with Crippen molar-refractivity contribution in [2.45, 2.75) is 50.5 Å². The summed E-state index contributed by atoms with van der Waals surface area (Å²) in [6.07, 6.45) is 5.79. The molecule has 2 amide bonds. The van der Waals surface area contributed by atoms with Crippen LogP contribution in [-0.2, 0) is 19.1 Å². The van der Waals surface area contributed by atoms with Crippen LogP contribution in [0.25, 0.3) is 0 Å². The largest absolute Gasteiger partial charge is 0.455 e. The standard InChI is InChI=1S/C19H22N2O4/c22-16(12-25-17(23)13-6-5-7-13)21-15-9-2-1-8-14(15)20-18(24)19(21)10-3-4-11-19/h1-2,8-9,13H,3-7,10-12H2,(H,20,24). The van der Waals surface area contributed by atoms with Gasteiger partial charge in [0.15, 0.2) is 6.61 Å². The Balaban J connectivity index is 1.60. The molecule has 3 aliphatic rings.